The van der Waals surface area contributed by atoms with E-state index in [1.165, 1.54) is 4.70 Å². The molecule has 1 unspecified atom stereocenters. The molecule has 0 bridgehead atoms. The maximum absolute atomic E-state index is 13.5. The molecule has 0 spiro atoms. The highest BCUT2D eigenvalue weighted by atomic mass is 32.1. The van der Waals surface area contributed by atoms with Crippen molar-refractivity contribution in [2.24, 2.45) is 5.92 Å². The first-order valence-corrected chi connectivity index (χ1v) is 11.9. The second-order valence-corrected chi connectivity index (χ2v) is 9.60. The van der Waals surface area contributed by atoms with Crippen LogP contribution in [0.5, 0.6) is 11.5 Å². The van der Waals surface area contributed by atoms with Gasteiger partial charge in [0.15, 0.2) is 16.6 Å². The minimum Gasteiger partial charge on any atom is -0.493 e. The van der Waals surface area contributed by atoms with Crippen LogP contribution >= 0.6 is 11.3 Å². The topological polar surface area (TPSA) is 54.9 Å². The van der Waals surface area contributed by atoms with Crippen molar-refractivity contribution in [1.29, 1.82) is 0 Å². The Hall–Kier alpha value is -2.80. The van der Waals surface area contributed by atoms with Crippen LogP contribution in [-0.4, -0.2) is 55.7 Å². The maximum atomic E-state index is 13.5. The third kappa shape index (κ3) is 4.13. The average Bonchev–Trinajstić information content (AvgIpc) is 3.44. The zero-order valence-electron chi connectivity index (χ0n) is 19.4. The van der Waals surface area contributed by atoms with Crippen molar-refractivity contribution in [2.45, 2.75) is 38.8 Å². The van der Waals surface area contributed by atoms with E-state index in [0.717, 1.165) is 30.0 Å². The number of carbonyl (C=O) groups is 1. The number of aromatic nitrogens is 1. The van der Waals surface area contributed by atoms with Gasteiger partial charge in [-0.3, -0.25) is 4.79 Å². The molecule has 0 saturated carbocycles. The Morgan fingerprint density at radius 3 is 2.59 bits per heavy atom. The molecule has 1 saturated heterocycles. The van der Waals surface area contributed by atoms with Gasteiger partial charge in [-0.1, -0.05) is 37.3 Å². The zero-order chi connectivity index (χ0) is 22.8. The molecular weight excluding hydrogens is 422 g/mol. The summed E-state index contributed by atoms with van der Waals surface area (Å²) in [6.45, 7) is 5.35. The lowest BCUT2D eigenvalue weighted by molar-refractivity contribution is 0.0657. The van der Waals surface area contributed by atoms with Gasteiger partial charge in [-0.2, -0.15) is 0 Å². The molecule has 1 amide bonds. The van der Waals surface area contributed by atoms with Crippen LogP contribution in [0.4, 0.5) is 5.13 Å². The van der Waals surface area contributed by atoms with Gasteiger partial charge in [-0.15, -0.1) is 0 Å². The molecule has 1 aliphatic heterocycles. The SMILES string of the molecule is COc1ccc(C(=O)N(C)[C@@H](C(C)C)C2CCCN2c2nc3ccccc3s2)cc1OC. The number of amides is 1. The van der Waals surface area contributed by atoms with E-state index in [1.54, 1.807) is 43.8 Å². The summed E-state index contributed by atoms with van der Waals surface area (Å²) in [5, 5.41) is 1.05. The molecule has 3 aromatic rings. The van der Waals surface area contributed by atoms with E-state index < -0.39 is 0 Å². The van der Waals surface area contributed by atoms with Crippen LogP contribution in [0, 0.1) is 5.92 Å². The van der Waals surface area contributed by atoms with Crippen molar-refractivity contribution >= 4 is 32.6 Å². The van der Waals surface area contributed by atoms with Gasteiger partial charge in [0.05, 0.1) is 36.5 Å². The maximum Gasteiger partial charge on any atom is 0.254 e. The minimum absolute atomic E-state index is 0.0131. The lowest BCUT2D eigenvalue weighted by Crippen LogP contribution is -2.52. The lowest BCUT2D eigenvalue weighted by atomic mass is 9.92. The van der Waals surface area contributed by atoms with Crippen LogP contribution in [0.2, 0.25) is 0 Å². The monoisotopic (exact) mass is 453 g/mol. The summed E-state index contributed by atoms with van der Waals surface area (Å²) >= 11 is 1.73. The van der Waals surface area contributed by atoms with Crippen LogP contribution < -0.4 is 14.4 Å². The summed E-state index contributed by atoms with van der Waals surface area (Å²) < 4.78 is 11.9. The number of rotatable bonds is 7. The summed E-state index contributed by atoms with van der Waals surface area (Å²) in [6.07, 6.45) is 2.14. The summed E-state index contributed by atoms with van der Waals surface area (Å²) in [4.78, 5) is 22.7. The van der Waals surface area contributed by atoms with Crippen molar-refractivity contribution in [2.75, 3.05) is 32.7 Å². The smallest absolute Gasteiger partial charge is 0.254 e. The van der Waals surface area contributed by atoms with Crippen LogP contribution in [0.1, 0.15) is 37.0 Å². The van der Waals surface area contributed by atoms with Crippen LogP contribution in [0.15, 0.2) is 42.5 Å². The Morgan fingerprint density at radius 1 is 1.16 bits per heavy atom. The first-order valence-electron chi connectivity index (χ1n) is 11.1. The van der Waals surface area contributed by atoms with E-state index in [4.69, 9.17) is 14.5 Å². The zero-order valence-corrected chi connectivity index (χ0v) is 20.2. The van der Waals surface area contributed by atoms with Crippen molar-refractivity contribution in [3.63, 3.8) is 0 Å². The van der Waals surface area contributed by atoms with Crippen molar-refractivity contribution < 1.29 is 14.3 Å². The lowest BCUT2D eigenvalue weighted by Gasteiger charge is -2.40. The molecule has 2 aromatic carbocycles. The van der Waals surface area contributed by atoms with Gasteiger partial charge in [-0.25, -0.2) is 4.98 Å². The fourth-order valence-corrected chi connectivity index (χ4v) is 5.88. The molecule has 6 nitrogen and oxygen atoms in total. The molecule has 2 atom stereocenters. The Bertz CT molecular complexity index is 1060. The van der Waals surface area contributed by atoms with Gasteiger partial charge in [0.2, 0.25) is 0 Å². The molecule has 0 N–H and O–H groups in total. The predicted molar refractivity (Wildman–Crippen MR) is 130 cm³/mol. The molecular formula is C25H31N3O3S. The highest BCUT2D eigenvalue weighted by Crippen LogP contribution is 2.37. The summed E-state index contributed by atoms with van der Waals surface area (Å²) in [5.41, 5.74) is 1.63. The number of nitrogens with zero attached hydrogens (tertiary/aromatic N) is 3. The first kappa shape index (κ1) is 22.4. The number of benzene rings is 2. The van der Waals surface area contributed by atoms with Crippen molar-refractivity contribution in [1.82, 2.24) is 9.88 Å². The largest absolute Gasteiger partial charge is 0.493 e. The van der Waals surface area contributed by atoms with Crippen LogP contribution in [0.3, 0.4) is 0 Å². The highest BCUT2D eigenvalue weighted by Gasteiger charge is 2.39. The number of methoxy groups -OCH3 is 2. The standard InChI is InChI=1S/C25H31N3O3S/c1-16(2)23(27(3)24(29)17-12-13-20(30-4)21(15-17)31-5)19-10-8-14-28(19)25-26-18-9-6-7-11-22(18)32-25/h6-7,9,11-13,15-16,19,23H,8,10,14H2,1-5H3/t19?,23-/m0/s1. The summed E-state index contributed by atoms with van der Waals surface area (Å²) in [6, 6.07) is 13.9. The Labute approximate surface area is 193 Å². The van der Waals surface area contributed by atoms with E-state index in [1.807, 2.05) is 18.0 Å². The van der Waals surface area contributed by atoms with Gasteiger partial charge in [0, 0.05) is 19.2 Å². The average molecular weight is 454 g/mol. The number of anilines is 1. The number of carbonyl (C=O) groups excluding carboxylic acids is 1. The van der Waals surface area contributed by atoms with Gasteiger partial charge in [0.1, 0.15) is 0 Å². The molecule has 1 aromatic heterocycles. The number of para-hydroxylation sites is 1. The minimum atomic E-state index is -0.0131. The molecule has 2 heterocycles. The normalized spacial score (nSPS) is 17.1. The van der Waals surface area contributed by atoms with Crippen LogP contribution in [-0.2, 0) is 0 Å². The highest BCUT2D eigenvalue weighted by molar-refractivity contribution is 7.22. The molecule has 32 heavy (non-hydrogen) atoms. The predicted octanol–water partition coefficient (Wildman–Crippen LogP) is 5.08. The fourth-order valence-electron chi connectivity index (χ4n) is 4.83. The van der Waals surface area contributed by atoms with Gasteiger partial charge < -0.3 is 19.3 Å². The molecule has 1 aliphatic rings. The van der Waals surface area contributed by atoms with E-state index in [9.17, 15) is 4.79 Å². The first-order chi connectivity index (χ1) is 15.4. The quantitative estimate of drug-likeness (QED) is 0.499. The number of thiazole rings is 1. The third-order valence-corrected chi connectivity index (χ3v) is 7.38. The second-order valence-electron chi connectivity index (χ2n) is 8.59. The fraction of sp³-hybridized carbons (Fsp3) is 0.440. The van der Waals surface area contributed by atoms with E-state index in [-0.39, 0.29) is 18.0 Å². The Kier molecular flexibility index (Phi) is 6.55. The summed E-state index contributed by atoms with van der Waals surface area (Å²) in [7, 11) is 5.09. The third-order valence-electron chi connectivity index (χ3n) is 6.30. The molecule has 0 aliphatic carbocycles. The van der Waals surface area contributed by atoms with Gasteiger partial charge in [-0.05, 0) is 49.1 Å². The molecule has 7 heteroatoms. The van der Waals surface area contributed by atoms with E-state index in [0.29, 0.717) is 23.0 Å². The molecule has 170 valence electrons. The second kappa shape index (κ2) is 9.36. The Balaban J connectivity index is 1.62. The molecule has 0 radical (unpaired) electrons. The number of likely N-dealkylation sites (N-methyl/N-ethyl adjacent to an activating group) is 1. The van der Waals surface area contributed by atoms with Crippen molar-refractivity contribution in [3.05, 3.63) is 48.0 Å². The molecule has 4 rings (SSSR count). The van der Waals surface area contributed by atoms with Crippen molar-refractivity contribution in [3.8, 4) is 11.5 Å². The molecule has 1 fully saturated rings. The van der Waals surface area contributed by atoms with Crippen LogP contribution in [0.25, 0.3) is 10.2 Å². The van der Waals surface area contributed by atoms with E-state index in [2.05, 4.69) is 36.9 Å². The van der Waals surface area contributed by atoms with E-state index >= 15 is 0 Å². The van der Waals surface area contributed by atoms with Gasteiger partial charge in [0.25, 0.3) is 5.91 Å². The summed E-state index contributed by atoms with van der Waals surface area (Å²) in [5.74, 6) is 1.46. The Morgan fingerprint density at radius 2 is 1.91 bits per heavy atom. The number of hydrogen-bond donors (Lipinski definition) is 0. The number of hydrogen-bond acceptors (Lipinski definition) is 6. The number of fused-ring (bicyclic) bond motifs is 1. The number of ether oxygens (including phenoxy) is 2. The van der Waals surface area contributed by atoms with Gasteiger partial charge >= 0.3 is 0 Å².